The SMILES string of the molecule is CC(C)(Oc1ccc(CCCc2nc(-c3ccc(C(F)(F)F)cc3)nn2Cc2ccccc2)cc1)C(=O)O. The van der Waals surface area contributed by atoms with Gasteiger partial charge in [-0.2, -0.15) is 18.3 Å². The molecule has 0 aliphatic rings. The molecule has 0 radical (unpaired) electrons. The van der Waals surface area contributed by atoms with E-state index in [0.717, 1.165) is 41.9 Å². The van der Waals surface area contributed by atoms with E-state index in [0.29, 0.717) is 30.1 Å². The fourth-order valence-corrected chi connectivity index (χ4v) is 3.89. The Morgan fingerprint density at radius 1 is 0.895 bits per heavy atom. The molecule has 0 aliphatic carbocycles. The second-order valence-corrected chi connectivity index (χ2v) is 9.49. The zero-order valence-corrected chi connectivity index (χ0v) is 21.1. The topological polar surface area (TPSA) is 77.2 Å². The molecule has 0 unspecified atom stereocenters. The van der Waals surface area contributed by atoms with Gasteiger partial charge in [-0.05, 0) is 62.1 Å². The zero-order valence-electron chi connectivity index (χ0n) is 21.1. The number of aromatic nitrogens is 3. The summed E-state index contributed by atoms with van der Waals surface area (Å²) in [5.41, 5.74) is 0.578. The van der Waals surface area contributed by atoms with Crippen molar-refractivity contribution < 1.29 is 27.8 Å². The lowest BCUT2D eigenvalue weighted by Crippen LogP contribution is -2.37. The number of ether oxygens (including phenoxy) is 1. The molecule has 0 saturated carbocycles. The number of alkyl halides is 3. The lowest BCUT2D eigenvalue weighted by Gasteiger charge is -2.21. The number of halogens is 3. The Bertz CT molecular complexity index is 1360. The molecule has 4 rings (SSSR count). The molecule has 6 nitrogen and oxygen atoms in total. The Morgan fingerprint density at radius 2 is 1.55 bits per heavy atom. The van der Waals surface area contributed by atoms with Crippen LogP contribution in [0.3, 0.4) is 0 Å². The van der Waals surface area contributed by atoms with Crippen LogP contribution in [0, 0.1) is 0 Å². The van der Waals surface area contributed by atoms with Gasteiger partial charge in [0.2, 0.25) is 0 Å². The average molecular weight is 524 g/mol. The highest BCUT2D eigenvalue weighted by atomic mass is 19.4. The van der Waals surface area contributed by atoms with Gasteiger partial charge in [0.15, 0.2) is 11.4 Å². The maximum Gasteiger partial charge on any atom is 0.416 e. The molecule has 1 heterocycles. The van der Waals surface area contributed by atoms with E-state index in [4.69, 9.17) is 4.74 Å². The molecule has 38 heavy (non-hydrogen) atoms. The number of carbonyl (C=O) groups is 1. The predicted octanol–water partition coefficient (Wildman–Crippen LogP) is 6.43. The highest BCUT2D eigenvalue weighted by molar-refractivity contribution is 5.76. The van der Waals surface area contributed by atoms with Crippen molar-refractivity contribution in [1.29, 1.82) is 0 Å². The monoisotopic (exact) mass is 523 g/mol. The standard InChI is InChI=1S/C29H28F3N3O3/c1-28(2,27(36)37)38-24-17-11-20(12-18-24)9-6-10-25-33-26(22-13-15-23(16-14-22)29(30,31)32)34-35(25)19-21-7-4-3-5-8-21/h3-5,7-8,11-18H,6,9-10,19H2,1-2H3,(H,36,37). The first-order chi connectivity index (χ1) is 18.0. The average Bonchev–Trinajstić information content (AvgIpc) is 3.27. The number of hydrogen-bond donors (Lipinski definition) is 1. The molecule has 1 aromatic heterocycles. The third-order valence-electron chi connectivity index (χ3n) is 6.07. The normalized spacial score (nSPS) is 11.9. The van der Waals surface area contributed by atoms with Crippen LogP contribution in [0.4, 0.5) is 13.2 Å². The lowest BCUT2D eigenvalue weighted by atomic mass is 10.1. The van der Waals surface area contributed by atoms with Gasteiger partial charge in [-0.3, -0.25) is 0 Å². The van der Waals surface area contributed by atoms with E-state index in [-0.39, 0.29) is 0 Å². The minimum Gasteiger partial charge on any atom is -0.478 e. The Labute approximate surface area is 218 Å². The van der Waals surface area contributed by atoms with Crippen molar-refractivity contribution in [1.82, 2.24) is 14.8 Å². The fourth-order valence-electron chi connectivity index (χ4n) is 3.89. The number of carboxylic acid groups (broad SMARTS) is 1. The number of aliphatic carboxylic acids is 1. The maximum atomic E-state index is 13.0. The van der Waals surface area contributed by atoms with E-state index in [2.05, 4.69) is 10.1 Å². The highest BCUT2D eigenvalue weighted by Crippen LogP contribution is 2.30. The summed E-state index contributed by atoms with van der Waals surface area (Å²) in [5, 5.41) is 13.8. The van der Waals surface area contributed by atoms with Crippen molar-refractivity contribution in [3.05, 3.63) is 101 Å². The molecule has 0 spiro atoms. The molecule has 0 bridgehead atoms. The third kappa shape index (κ3) is 6.79. The van der Waals surface area contributed by atoms with Gasteiger partial charge in [0.25, 0.3) is 0 Å². The maximum absolute atomic E-state index is 13.0. The van der Waals surface area contributed by atoms with Crippen molar-refractivity contribution >= 4 is 5.97 Å². The van der Waals surface area contributed by atoms with Gasteiger partial charge in [0.1, 0.15) is 11.6 Å². The van der Waals surface area contributed by atoms with Crippen LogP contribution in [0.5, 0.6) is 5.75 Å². The molecular weight excluding hydrogens is 495 g/mol. The minimum atomic E-state index is -4.40. The van der Waals surface area contributed by atoms with Gasteiger partial charge in [0, 0.05) is 12.0 Å². The molecule has 9 heteroatoms. The van der Waals surface area contributed by atoms with Crippen molar-refractivity contribution in [2.75, 3.05) is 0 Å². The van der Waals surface area contributed by atoms with Gasteiger partial charge < -0.3 is 9.84 Å². The molecule has 4 aromatic rings. The fraction of sp³-hybridized carbons (Fsp3) is 0.276. The van der Waals surface area contributed by atoms with Gasteiger partial charge in [-0.1, -0.05) is 54.6 Å². The zero-order chi connectivity index (χ0) is 27.3. The van der Waals surface area contributed by atoms with Crippen molar-refractivity contribution in [3.8, 4) is 17.1 Å². The summed E-state index contributed by atoms with van der Waals surface area (Å²) in [4.78, 5) is 15.9. The van der Waals surface area contributed by atoms with E-state index in [1.165, 1.54) is 26.0 Å². The highest BCUT2D eigenvalue weighted by Gasteiger charge is 2.30. The van der Waals surface area contributed by atoms with Crippen molar-refractivity contribution in [2.24, 2.45) is 0 Å². The number of aryl methyl sites for hydroxylation is 2. The molecular formula is C29H28F3N3O3. The van der Waals surface area contributed by atoms with E-state index >= 15 is 0 Å². The summed E-state index contributed by atoms with van der Waals surface area (Å²) < 4.78 is 46.3. The first-order valence-electron chi connectivity index (χ1n) is 12.2. The number of rotatable bonds is 10. The first kappa shape index (κ1) is 26.9. The second kappa shape index (κ2) is 11.1. The van der Waals surface area contributed by atoms with Gasteiger partial charge in [0.05, 0.1) is 12.1 Å². The molecule has 3 aromatic carbocycles. The molecule has 0 saturated heterocycles. The van der Waals surface area contributed by atoms with Crippen LogP contribution in [-0.4, -0.2) is 31.4 Å². The Balaban J connectivity index is 1.47. The van der Waals surface area contributed by atoms with Crippen LogP contribution < -0.4 is 4.74 Å². The van der Waals surface area contributed by atoms with Gasteiger partial charge in [-0.25, -0.2) is 14.5 Å². The summed E-state index contributed by atoms with van der Waals surface area (Å²) >= 11 is 0. The molecule has 0 amide bonds. The quantitative estimate of drug-likeness (QED) is 0.259. The number of nitrogens with zero attached hydrogens (tertiary/aromatic N) is 3. The first-order valence-corrected chi connectivity index (χ1v) is 12.2. The summed E-state index contributed by atoms with van der Waals surface area (Å²) in [7, 11) is 0. The van der Waals surface area contributed by atoms with Crippen LogP contribution in [0.1, 0.15) is 42.8 Å². The Morgan fingerprint density at radius 3 is 2.16 bits per heavy atom. The van der Waals surface area contributed by atoms with Crippen LogP contribution in [0.25, 0.3) is 11.4 Å². The smallest absolute Gasteiger partial charge is 0.416 e. The van der Waals surface area contributed by atoms with E-state index < -0.39 is 23.3 Å². The summed E-state index contributed by atoms with van der Waals surface area (Å²) in [6.45, 7) is 3.48. The molecule has 198 valence electrons. The molecule has 0 aliphatic heterocycles. The van der Waals surface area contributed by atoms with Crippen LogP contribution >= 0.6 is 0 Å². The molecule has 0 fully saturated rings. The largest absolute Gasteiger partial charge is 0.478 e. The number of hydrogen-bond acceptors (Lipinski definition) is 4. The lowest BCUT2D eigenvalue weighted by molar-refractivity contribution is -0.152. The van der Waals surface area contributed by atoms with E-state index in [1.54, 1.807) is 16.8 Å². The van der Waals surface area contributed by atoms with Gasteiger partial charge in [-0.15, -0.1) is 0 Å². The second-order valence-electron chi connectivity index (χ2n) is 9.49. The summed E-state index contributed by atoms with van der Waals surface area (Å²) in [6, 6.07) is 21.9. The minimum absolute atomic E-state index is 0.382. The summed E-state index contributed by atoms with van der Waals surface area (Å²) in [5.74, 6) is 0.556. The van der Waals surface area contributed by atoms with Crippen LogP contribution in [0.2, 0.25) is 0 Å². The Hall–Kier alpha value is -4.14. The number of benzene rings is 3. The van der Waals surface area contributed by atoms with E-state index in [1.807, 2.05) is 42.5 Å². The number of carboxylic acids is 1. The van der Waals surface area contributed by atoms with E-state index in [9.17, 15) is 23.1 Å². The van der Waals surface area contributed by atoms with Crippen molar-refractivity contribution in [2.45, 2.75) is 51.4 Å². The van der Waals surface area contributed by atoms with Crippen LogP contribution in [0.15, 0.2) is 78.9 Å². The third-order valence-corrected chi connectivity index (χ3v) is 6.07. The van der Waals surface area contributed by atoms with Gasteiger partial charge >= 0.3 is 12.1 Å². The summed E-state index contributed by atoms with van der Waals surface area (Å²) in [6.07, 6.45) is -2.28. The van der Waals surface area contributed by atoms with Crippen molar-refractivity contribution in [3.63, 3.8) is 0 Å². The molecule has 1 N–H and O–H groups in total. The molecule has 0 atom stereocenters. The van der Waals surface area contributed by atoms with Crippen LogP contribution in [-0.2, 0) is 30.4 Å². The predicted molar refractivity (Wildman–Crippen MR) is 137 cm³/mol. The Kier molecular flexibility index (Phi) is 7.85.